The maximum absolute atomic E-state index is 13.0. The predicted octanol–water partition coefficient (Wildman–Crippen LogP) is 3.50. The van der Waals surface area contributed by atoms with Gasteiger partial charge in [0, 0.05) is 6.54 Å². The highest BCUT2D eigenvalue weighted by Gasteiger charge is 2.39. The van der Waals surface area contributed by atoms with Gasteiger partial charge >= 0.3 is 0 Å². The van der Waals surface area contributed by atoms with E-state index in [1.54, 1.807) is 30.3 Å². The average Bonchev–Trinajstić information content (AvgIpc) is 3.19. The molecule has 0 radical (unpaired) electrons. The third-order valence-electron chi connectivity index (χ3n) is 4.94. The second-order valence-corrected chi connectivity index (χ2v) is 9.45. The van der Waals surface area contributed by atoms with Gasteiger partial charge in [-0.15, -0.1) is 0 Å². The summed E-state index contributed by atoms with van der Waals surface area (Å²) in [7, 11) is -3.70. The van der Waals surface area contributed by atoms with Crippen molar-refractivity contribution in [3.8, 4) is 5.75 Å². The number of hydrogen-bond acceptors (Lipinski definition) is 4. The van der Waals surface area contributed by atoms with E-state index in [4.69, 9.17) is 4.74 Å². The zero-order valence-corrected chi connectivity index (χ0v) is 17.9. The molecular formula is C22H28N2O4S. The van der Waals surface area contributed by atoms with Gasteiger partial charge in [-0.05, 0) is 63.4 Å². The van der Waals surface area contributed by atoms with Gasteiger partial charge in [0.2, 0.25) is 15.9 Å². The molecule has 2 aromatic rings. The summed E-state index contributed by atoms with van der Waals surface area (Å²) < 4.78 is 33.0. The molecule has 0 saturated carbocycles. The fourth-order valence-corrected chi connectivity index (χ4v) is 5.22. The molecule has 2 aromatic carbocycles. The van der Waals surface area contributed by atoms with Crippen LogP contribution in [-0.4, -0.2) is 37.3 Å². The Kier molecular flexibility index (Phi) is 6.59. The minimum Gasteiger partial charge on any atom is -0.491 e. The van der Waals surface area contributed by atoms with Gasteiger partial charge in [0.1, 0.15) is 11.8 Å². The van der Waals surface area contributed by atoms with Crippen molar-refractivity contribution in [3.63, 3.8) is 0 Å². The number of benzene rings is 2. The van der Waals surface area contributed by atoms with Crippen LogP contribution < -0.4 is 10.1 Å². The van der Waals surface area contributed by atoms with Crippen LogP contribution in [0.4, 0.5) is 0 Å². The van der Waals surface area contributed by atoms with Gasteiger partial charge in [-0.2, -0.15) is 4.31 Å². The lowest BCUT2D eigenvalue weighted by Crippen LogP contribution is -2.46. The molecule has 1 fully saturated rings. The quantitative estimate of drug-likeness (QED) is 0.750. The van der Waals surface area contributed by atoms with Crippen LogP contribution in [0.1, 0.15) is 45.2 Å². The first-order chi connectivity index (χ1) is 13.8. The Morgan fingerprint density at radius 2 is 1.83 bits per heavy atom. The van der Waals surface area contributed by atoms with Crippen LogP contribution >= 0.6 is 0 Å². The van der Waals surface area contributed by atoms with Gasteiger partial charge in [-0.1, -0.05) is 30.3 Å². The molecule has 0 aromatic heterocycles. The van der Waals surface area contributed by atoms with Crippen molar-refractivity contribution >= 4 is 15.9 Å². The van der Waals surface area contributed by atoms with E-state index in [-0.39, 0.29) is 22.9 Å². The van der Waals surface area contributed by atoms with Crippen molar-refractivity contribution in [1.82, 2.24) is 9.62 Å². The number of sulfonamides is 1. The van der Waals surface area contributed by atoms with E-state index in [0.717, 1.165) is 11.3 Å². The summed E-state index contributed by atoms with van der Waals surface area (Å²) in [5.41, 5.74) is 0.909. The molecule has 1 aliphatic heterocycles. The number of nitrogens with zero attached hydrogens (tertiary/aromatic N) is 1. The predicted molar refractivity (Wildman–Crippen MR) is 112 cm³/mol. The third-order valence-corrected chi connectivity index (χ3v) is 6.87. The molecular weight excluding hydrogens is 388 g/mol. The number of nitrogens with one attached hydrogen (secondary N) is 1. The van der Waals surface area contributed by atoms with Crippen LogP contribution in [0.2, 0.25) is 0 Å². The Hall–Kier alpha value is -2.38. The van der Waals surface area contributed by atoms with Crippen molar-refractivity contribution in [3.05, 3.63) is 60.2 Å². The van der Waals surface area contributed by atoms with E-state index in [1.807, 2.05) is 45.0 Å². The lowest BCUT2D eigenvalue weighted by Gasteiger charge is -2.25. The second kappa shape index (κ2) is 8.97. The van der Waals surface area contributed by atoms with Gasteiger partial charge in [0.05, 0.1) is 17.0 Å². The monoisotopic (exact) mass is 416 g/mol. The molecule has 0 unspecified atom stereocenters. The fraction of sp³-hybridized carbons (Fsp3) is 0.409. The number of rotatable bonds is 7. The minimum absolute atomic E-state index is 0.0605. The number of ether oxygens (including phenoxy) is 1. The zero-order valence-electron chi connectivity index (χ0n) is 17.0. The fourth-order valence-electron chi connectivity index (χ4n) is 3.54. The second-order valence-electron chi connectivity index (χ2n) is 7.56. The summed E-state index contributed by atoms with van der Waals surface area (Å²) in [4.78, 5) is 13.1. The molecule has 1 heterocycles. The molecule has 1 saturated heterocycles. The molecule has 29 heavy (non-hydrogen) atoms. The molecule has 1 N–H and O–H groups in total. The van der Waals surface area contributed by atoms with Crippen LogP contribution in [0.25, 0.3) is 0 Å². The molecule has 0 bridgehead atoms. The van der Waals surface area contributed by atoms with Crippen LogP contribution in [0, 0.1) is 0 Å². The molecule has 156 valence electrons. The summed E-state index contributed by atoms with van der Waals surface area (Å²) in [6.45, 7) is 6.15. The maximum Gasteiger partial charge on any atom is 0.243 e. The lowest BCUT2D eigenvalue weighted by molar-refractivity contribution is -0.124. The largest absolute Gasteiger partial charge is 0.491 e. The van der Waals surface area contributed by atoms with Crippen LogP contribution in [0.3, 0.4) is 0 Å². The summed E-state index contributed by atoms with van der Waals surface area (Å²) in [6.07, 6.45) is 1.24. The number of carbonyl (C=O) groups is 1. The van der Waals surface area contributed by atoms with E-state index >= 15 is 0 Å². The van der Waals surface area contributed by atoms with Gasteiger partial charge in [0.25, 0.3) is 0 Å². The summed E-state index contributed by atoms with van der Waals surface area (Å²) >= 11 is 0. The SMILES string of the molecule is CC(C)Oc1cccc([C@@H](C)NC(=O)[C@@H]2CCCN2S(=O)(=O)c2ccccc2)c1. The van der Waals surface area contributed by atoms with E-state index in [2.05, 4.69) is 5.32 Å². The van der Waals surface area contributed by atoms with E-state index < -0.39 is 16.1 Å². The highest BCUT2D eigenvalue weighted by atomic mass is 32.2. The minimum atomic E-state index is -3.70. The molecule has 0 aliphatic carbocycles. The van der Waals surface area contributed by atoms with E-state index in [1.165, 1.54) is 4.31 Å². The first-order valence-electron chi connectivity index (χ1n) is 9.93. The summed E-state index contributed by atoms with van der Waals surface area (Å²) in [6, 6.07) is 14.9. The molecule has 1 amide bonds. The molecule has 7 heteroatoms. The Morgan fingerprint density at radius 1 is 1.10 bits per heavy atom. The highest BCUT2D eigenvalue weighted by Crippen LogP contribution is 2.27. The van der Waals surface area contributed by atoms with E-state index in [9.17, 15) is 13.2 Å². The Morgan fingerprint density at radius 3 is 2.52 bits per heavy atom. The third kappa shape index (κ3) is 4.97. The molecule has 2 atom stereocenters. The number of amides is 1. The lowest BCUT2D eigenvalue weighted by atomic mass is 10.1. The van der Waals surface area contributed by atoms with Gasteiger partial charge < -0.3 is 10.1 Å². The van der Waals surface area contributed by atoms with Crippen LogP contribution in [0.15, 0.2) is 59.5 Å². The molecule has 3 rings (SSSR count). The van der Waals surface area contributed by atoms with Crippen molar-refractivity contribution in [2.24, 2.45) is 0 Å². The first kappa shape index (κ1) is 21.3. The summed E-state index contributed by atoms with van der Waals surface area (Å²) in [5, 5.41) is 2.97. The molecule has 0 spiro atoms. The van der Waals surface area contributed by atoms with Crippen molar-refractivity contribution in [2.45, 2.75) is 56.7 Å². The topological polar surface area (TPSA) is 75.7 Å². The normalized spacial score (nSPS) is 18.6. The smallest absolute Gasteiger partial charge is 0.243 e. The molecule has 1 aliphatic rings. The summed E-state index contributed by atoms with van der Waals surface area (Å²) in [5.74, 6) is 0.470. The highest BCUT2D eigenvalue weighted by molar-refractivity contribution is 7.89. The van der Waals surface area contributed by atoms with Crippen molar-refractivity contribution in [2.75, 3.05) is 6.54 Å². The van der Waals surface area contributed by atoms with Gasteiger partial charge in [-0.3, -0.25) is 4.79 Å². The van der Waals surface area contributed by atoms with Gasteiger partial charge in [-0.25, -0.2) is 8.42 Å². The van der Waals surface area contributed by atoms with Crippen molar-refractivity contribution < 1.29 is 17.9 Å². The number of carbonyl (C=O) groups excluding carboxylic acids is 1. The molecule has 6 nitrogen and oxygen atoms in total. The average molecular weight is 417 g/mol. The van der Waals surface area contributed by atoms with Crippen LogP contribution in [-0.2, 0) is 14.8 Å². The Bertz CT molecular complexity index is 944. The standard InChI is InChI=1S/C22H28N2O4S/c1-16(2)28-19-10-7-9-18(15-19)17(3)23-22(25)21-13-8-14-24(21)29(26,27)20-11-5-4-6-12-20/h4-7,9-12,15-17,21H,8,13-14H2,1-3H3,(H,23,25)/t17-,21+/m1/s1. The zero-order chi connectivity index (χ0) is 21.0. The Balaban J connectivity index is 1.73. The maximum atomic E-state index is 13.0. The number of hydrogen-bond donors (Lipinski definition) is 1. The first-order valence-corrected chi connectivity index (χ1v) is 11.4. The van der Waals surface area contributed by atoms with Crippen LogP contribution in [0.5, 0.6) is 5.75 Å². The van der Waals surface area contributed by atoms with E-state index in [0.29, 0.717) is 19.4 Å². The van der Waals surface area contributed by atoms with Crippen molar-refractivity contribution in [1.29, 1.82) is 0 Å². The Labute approximate surface area is 172 Å². The van der Waals surface area contributed by atoms with Gasteiger partial charge in [0.15, 0.2) is 0 Å².